The van der Waals surface area contributed by atoms with Gasteiger partial charge in [0.05, 0.1) is 23.4 Å². The van der Waals surface area contributed by atoms with E-state index in [-0.39, 0.29) is 28.5 Å². The number of nitro benzene ring substituents is 1. The minimum atomic E-state index is -4.18. The first-order chi connectivity index (χ1) is 14.3. The first kappa shape index (κ1) is 21.4. The van der Waals surface area contributed by atoms with Crippen LogP contribution >= 0.6 is 11.6 Å². The molecule has 8 nitrogen and oxygen atoms in total. The second-order valence-corrected chi connectivity index (χ2v) is 8.25. The Kier molecular flexibility index (Phi) is 6.43. The number of nitro groups is 1. The molecule has 0 atom stereocenters. The summed E-state index contributed by atoms with van der Waals surface area (Å²) in [6.45, 7) is 0.231. The highest BCUT2D eigenvalue weighted by molar-refractivity contribution is 7.93. The van der Waals surface area contributed by atoms with E-state index in [0.29, 0.717) is 10.8 Å². The van der Waals surface area contributed by atoms with Gasteiger partial charge in [-0.25, -0.2) is 8.42 Å². The van der Waals surface area contributed by atoms with Crippen LogP contribution in [0.1, 0.15) is 5.56 Å². The third kappa shape index (κ3) is 4.81. The van der Waals surface area contributed by atoms with Gasteiger partial charge in [-0.2, -0.15) is 0 Å². The predicted octanol–water partition coefficient (Wildman–Crippen LogP) is 4.67. The van der Waals surface area contributed by atoms with Crippen molar-refractivity contribution < 1.29 is 18.1 Å². The second kappa shape index (κ2) is 9.02. The zero-order valence-electron chi connectivity index (χ0n) is 15.8. The Balaban J connectivity index is 1.99. The number of hydrogen-bond donors (Lipinski definition) is 2. The molecule has 10 heteroatoms. The first-order valence-electron chi connectivity index (χ1n) is 8.73. The van der Waals surface area contributed by atoms with Crippen LogP contribution in [0.3, 0.4) is 0 Å². The number of anilines is 2. The fourth-order valence-electron chi connectivity index (χ4n) is 2.75. The van der Waals surface area contributed by atoms with Gasteiger partial charge in [0, 0.05) is 23.7 Å². The molecular formula is C20H18ClN3O5S. The van der Waals surface area contributed by atoms with Crippen LogP contribution in [0.25, 0.3) is 0 Å². The Morgan fingerprint density at radius 2 is 1.73 bits per heavy atom. The number of non-ortho nitro benzene ring substituents is 1. The van der Waals surface area contributed by atoms with Crippen LogP contribution in [0, 0.1) is 10.1 Å². The molecule has 0 saturated heterocycles. The maximum atomic E-state index is 13.1. The number of nitrogens with one attached hydrogen (secondary N) is 2. The van der Waals surface area contributed by atoms with Crippen molar-refractivity contribution >= 4 is 38.7 Å². The molecule has 0 fully saturated rings. The molecule has 0 radical (unpaired) electrons. The maximum absolute atomic E-state index is 13.1. The average Bonchev–Trinajstić information content (AvgIpc) is 2.73. The third-order valence-corrected chi connectivity index (χ3v) is 6.02. The zero-order chi connectivity index (χ0) is 21.7. The highest BCUT2D eigenvalue weighted by Crippen LogP contribution is 2.31. The molecule has 156 valence electrons. The van der Waals surface area contributed by atoms with Gasteiger partial charge in [-0.05, 0) is 29.8 Å². The van der Waals surface area contributed by atoms with Crippen LogP contribution < -0.4 is 14.8 Å². The summed E-state index contributed by atoms with van der Waals surface area (Å²) >= 11 is 6.15. The van der Waals surface area contributed by atoms with Gasteiger partial charge >= 0.3 is 0 Å². The molecule has 0 unspecified atom stereocenters. The molecule has 0 aliphatic carbocycles. The van der Waals surface area contributed by atoms with E-state index in [1.165, 1.54) is 25.3 Å². The lowest BCUT2D eigenvalue weighted by Gasteiger charge is -2.15. The van der Waals surface area contributed by atoms with E-state index in [0.717, 1.165) is 11.6 Å². The van der Waals surface area contributed by atoms with Gasteiger partial charge in [0.2, 0.25) is 0 Å². The van der Waals surface area contributed by atoms with Crippen molar-refractivity contribution in [3.05, 3.63) is 87.4 Å². The normalized spacial score (nSPS) is 11.0. The molecule has 0 saturated carbocycles. The summed E-state index contributed by atoms with van der Waals surface area (Å²) in [4.78, 5) is 10.3. The van der Waals surface area contributed by atoms with Crippen molar-refractivity contribution in [3.63, 3.8) is 0 Å². The molecule has 0 heterocycles. The number of ether oxygens (including phenoxy) is 1. The summed E-state index contributed by atoms with van der Waals surface area (Å²) < 4.78 is 33.8. The molecule has 30 heavy (non-hydrogen) atoms. The molecule has 0 amide bonds. The number of methoxy groups -OCH3 is 1. The Bertz CT molecular complexity index is 1180. The topological polar surface area (TPSA) is 111 Å². The summed E-state index contributed by atoms with van der Waals surface area (Å²) in [5, 5.41) is 14.7. The van der Waals surface area contributed by atoms with Crippen molar-refractivity contribution in [1.82, 2.24) is 0 Å². The van der Waals surface area contributed by atoms with E-state index in [2.05, 4.69) is 10.0 Å². The van der Waals surface area contributed by atoms with E-state index >= 15 is 0 Å². The fourth-order valence-corrected chi connectivity index (χ4v) is 4.23. The van der Waals surface area contributed by atoms with Crippen LogP contribution in [0.5, 0.6) is 5.75 Å². The van der Waals surface area contributed by atoms with Crippen molar-refractivity contribution in [2.24, 2.45) is 0 Å². The highest BCUT2D eigenvalue weighted by Gasteiger charge is 2.23. The van der Waals surface area contributed by atoms with Gasteiger partial charge in [-0.3, -0.25) is 14.8 Å². The molecular weight excluding hydrogens is 430 g/mol. The Labute approximate surface area is 178 Å². The zero-order valence-corrected chi connectivity index (χ0v) is 17.4. The number of benzene rings is 3. The molecule has 0 aliphatic heterocycles. The number of sulfonamides is 1. The van der Waals surface area contributed by atoms with Gasteiger partial charge in [0.1, 0.15) is 10.6 Å². The van der Waals surface area contributed by atoms with Crippen LogP contribution in [0.15, 0.2) is 71.6 Å². The molecule has 0 bridgehead atoms. The highest BCUT2D eigenvalue weighted by atomic mass is 35.5. The van der Waals surface area contributed by atoms with Crippen molar-refractivity contribution in [2.75, 3.05) is 17.1 Å². The Morgan fingerprint density at radius 3 is 2.43 bits per heavy atom. The summed E-state index contributed by atoms with van der Waals surface area (Å²) in [5.41, 5.74) is 0.809. The fraction of sp³-hybridized carbons (Fsp3) is 0.100. The van der Waals surface area contributed by atoms with Crippen molar-refractivity contribution in [2.45, 2.75) is 11.4 Å². The Morgan fingerprint density at radius 1 is 1.03 bits per heavy atom. The molecule has 3 aromatic carbocycles. The number of rotatable bonds is 8. The maximum Gasteiger partial charge on any atom is 0.270 e. The molecule has 3 rings (SSSR count). The van der Waals surface area contributed by atoms with Crippen LogP contribution in [-0.2, 0) is 16.6 Å². The SMILES string of the molecule is COc1ccccc1NS(=O)(=O)c1cc([N+](=O)[O-])ccc1NCc1ccccc1Cl. The van der Waals surface area contributed by atoms with Gasteiger partial charge in [-0.15, -0.1) is 0 Å². The van der Waals surface area contributed by atoms with Gasteiger partial charge in [0.25, 0.3) is 15.7 Å². The molecule has 0 spiro atoms. The summed E-state index contributed by atoms with van der Waals surface area (Å²) in [7, 11) is -2.76. The number of halogens is 1. The van der Waals surface area contributed by atoms with Crippen LogP contribution in [0.4, 0.5) is 17.1 Å². The van der Waals surface area contributed by atoms with E-state index in [1.807, 2.05) is 0 Å². The number of nitrogens with zero attached hydrogens (tertiary/aromatic N) is 1. The third-order valence-electron chi connectivity index (χ3n) is 4.24. The standard InChI is InChI=1S/C20H18ClN3O5S/c1-29-19-9-5-4-8-17(19)23-30(27,28)20-12-15(24(25)26)10-11-18(20)22-13-14-6-2-3-7-16(14)21/h2-12,22-23H,13H2,1H3. The predicted molar refractivity (Wildman–Crippen MR) is 116 cm³/mol. The van der Waals surface area contributed by atoms with Gasteiger partial charge < -0.3 is 10.1 Å². The monoisotopic (exact) mass is 447 g/mol. The lowest BCUT2D eigenvalue weighted by Crippen LogP contribution is -2.16. The average molecular weight is 448 g/mol. The van der Waals surface area contributed by atoms with Gasteiger partial charge in [-0.1, -0.05) is 41.9 Å². The molecule has 0 aromatic heterocycles. The summed E-state index contributed by atoms with van der Waals surface area (Å²) in [6.07, 6.45) is 0. The smallest absolute Gasteiger partial charge is 0.270 e. The van der Waals surface area contributed by atoms with Crippen molar-refractivity contribution in [3.8, 4) is 5.75 Å². The van der Waals surface area contributed by atoms with E-state index in [1.54, 1.807) is 42.5 Å². The largest absolute Gasteiger partial charge is 0.495 e. The Hall–Kier alpha value is -3.30. The quantitative estimate of drug-likeness (QED) is 0.383. The molecule has 0 aliphatic rings. The van der Waals surface area contributed by atoms with Crippen molar-refractivity contribution in [1.29, 1.82) is 0 Å². The molecule has 2 N–H and O–H groups in total. The van der Waals surface area contributed by atoms with Crippen LogP contribution in [0.2, 0.25) is 5.02 Å². The minimum Gasteiger partial charge on any atom is -0.495 e. The van der Waals surface area contributed by atoms with Crippen LogP contribution in [-0.4, -0.2) is 20.5 Å². The first-order valence-corrected chi connectivity index (χ1v) is 10.6. The lowest BCUT2D eigenvalue weighted by atomic mass is 10.2. The minimum absolute atomic E-state index is 0.197. The summed E-state index contributed by atoms with van der Waals surface area (Å²) in [5.74, 6) is 0.317. The lowest BCUT2D eigenvalue weighted by molar-refractivity contribution is -0.385. The molecule has 3 aromatic rings. The van der Waals surface area contributed by atoms with Gasteiger partial charge in [0.15, 0.2) is 0 Å². The van der Waals surface area contributed by atoms with E-state index in [9.17, 15) is 18.5 Å². The summed E-state index contributed by atoms with van der Waals surface area (Å²) in [6, 6.07) is 17.2. The number of hydrogen-bond acceptors (Lipinski definition) is 6. The second-order valence-electron chi connectivity index (χ2n) is 6.19. The van der Waals surface area contributed by atoms with E-state index < -0.39 is 14.9 Å². The number of para-hydroxylation sites is 2. The van der Waals surface area contributed by atoms with E-state index in [4.69, 9.17) is 16.3 Å².